The molecule has 0 aliphatic carbocycles. The van der Waals surface area contributed by atoms with Crippen LogP contribution in [-0.4, -0.2) is 12.4 Å². The molecule has 0 fully saturated rings. The van der Waals surface area contributed by atoms with Crippen molar-refractivity contribution in [2.24, 2.45) is 0 Å². The highest BCUT2D eigenvalue weighted by molar-refractivity contribution is 6.66. The van der Waals surface area contributed by atoms with Crippen LogP contribution in [0.25, 0.3) is 0 Å². The molecular formula is C9H7ClN2O. The first-order valence-electron chi connectivity index (χ1n) is 3.58. The van der Waals surface area contributed by atoms with E-state index >= 15 is 0 Å². The summed E-state index contributed by atoms with van der Waals surface area (Å²) >= 11 is 5.26. The quantitative estimate of drug-likeness (QED) is 0.509. The van der Waals surface area contributed by atoms with Crippen LogP contribution in [0.3, 0.4) is 0 Å². The number of nitrogens with zero attached hydrogens (tertiary/aromatic N) is 2. The summed E-state index contributed by atoms with van der Waals surface area (Å²) in [6.45, 7) is 0. The fraction of sp³-hybridized carbons (Fsp3) is 0.111. The average molecular weight is 195 g/mol. The number of hydrogen-bond acceptors (Lipinski definition) is 2. The molecule has 13 heavy (non-hydrogen) atoms. The third kappa shape index (κ3) is 2.20. The van der Waals surface area contributed by atoms with Crippen molar-refractivity contribution in [3.05, 3.63) is 29.8 Å². The Hall–Kier alpha value is -1.53. The van der Waals surface area contributed by atoms with Gasteiger partial charge in [-0.05, 0) is 35.9 Å². The molecule has 0 radical (unpaired) electrons. The number of carbonyl (C=O) groups excluding carboxylic acids is 1. The van der Waals surface area contributed by atoms with Gasteiger partial charge in [-0.3, -0.25) is 4.79 Å². The molecule has 0 spiro atoms. The first-order valence-corrected chi connectivity index (χ1v) is 3.96. The van der Waals surface area contributed by atoms with E-state index in [0.29, 0.717) is 11.3 Å². The van der Waals surface area contributed by atoms with Crippen LogP contribution in [0.5, 0.6) is 0 Å². The molecule has 0 bridgehead atoms. The zero-order valence-electron chi connectivity index (χ0n) is 6.99. The number of halogens is 1. The predicted octanol–water partition coefficient (Wildman–Crippen LogP) is 2.35. The average Bonchev–Trinajstić information content (AvgIpc) is 2.17. The van der Waals surface area contributed by atoms with E-state index in [1.807, 2.05) is 6.07 Å². The summed E-state index contributed by atoms with van der Waals surface area (Å²) in [5.41, 5.74) is 1.22. The maximum Gasteiger partial charge on any atom is 0.320 e. The summed E-state index contributed by atoms with van der Waals surface area (Å²) in [5, 5.41) is 7.97. The van der Waals surface area contributed by atoms with E-state index in [2.05, 4.69) is 0 Å². The summed E-state index contributed by atoms with van der Waals surface area (Å²) < 4.78 is 0. The maximum absolute atomic E-state index is 10.7. The van der Waals surface area contributed by atoms with E-state index in [-0.39, 0.29) is 0 Å². The summed E-state index contributed by atoms with van der Waals surface area (Å²) in [4.78, 5) is 12.0. The van der Waals surface area contributed by atoms with E-state index < -0.39 is 5.37 Å². The van der Waals surface area contributed by atoms with Crippen LogP contribution in [-0.2, 0) is 0 Å². The predicted molar refractivity (Wildman–Crippen MR) is 50.8 cm³/mol. The Bertz CT molecular complexity index is 353. The number of nitriles is 1. The molecule has 0 unspecified atom stereocenters. The van der Waals surface area contributed by atoms with Crippen molar-refractivity contribution < 1.29 is 4.79 Å². The van der Waals surface area contributed by atoms with Crippen LogP contribution in [0.4, 0.5) is 10.5 Å². The third-order valence-corrected chi connectivity index (χ3v) is 1.90. The summed E-state index contributed by atoms with van der Waals surface area (Å²) in [6.07, 6.45) is 0. The van der Waals surface area contributed by atoms with Crippen molar-refractivity contribution in [1.82, 2.24) is 0 Å². The van der Waals surface area contributed by atoms with Crippen LogP contribution in [0.15, 0.2) is 24.3 Å². The number of benzene rings is 1. The first kappa shape index (κ1) is 9.56. The molecular weight excluding hydrogens is 188 g/mol. The molecule has 0 saturated heterocycles. The lowest BCUT2D eigenvalue weighted by atomic mass is 10.2. The molecule has 1 rings (SSSR count). The smallest absolute Gasteiger partial charge is 0.302 e. The van der Waals surface area contributed by atoms with Gasteiger partial charge in [-0.25, -0.2) is 0 Å². The molecule has 3 nitrogen and oxygen atoms in total. The number of anilines is 1. The number of hydrogen-bond donors (Lipinski definition) is 0. The zero-order chi connectivity index (χ0) is 9.84. The van der Waals surface area contributed by atoms with Crippen LogP contribution in [0.2, 0.25) is 0 Å². The normalized spacial score (nSPS) is 9.00. The standard InChI is InChI=1S/C9H7ClN2O/c1-12(9(10)13)8-4-2-7(6-11)3-5-8/h2-5H,1H3. The zero-order valence-corrected chi connectivity index (χ0v) is 7.75. The fourth-order valence-electron chi connectivity index (χ4n) is 0.861. The van der Waals surface area contributed by atoms with Gasteiger partial charge in [-0.15, -0.1) is 0 Å². The second-order valence-corrected chi connectivity index (χ2v) is 2.79. The van der Waals surface area contributed by atoms with Gasteiger partial charge in [0.15, 0.2) is 0 Å². The summed E-state index contributed by atoms with van der Waals surface area (Å²) in [7, 11) is 1.57. The molecule has 66 valence electrons. The van der Waals surface area contributed by atoms with E-state index in [0.717, 1.165) is 0 Å². The molecule has 0 aromatic heterocycles. The monoisotopic (exact) mass is 194 g/mol. The second-order valence-electron chi connectivity index (χ2n) is 2.47. The van der Waals surface area contributed by atoms with E-state index in [4.69, 9.17) is 16.9 Å². The van der Waals surface area contributed by atoms with Gasteiger partial charge in [0.1, 0.15) is 0 Å². The second kappa shape index (κ2) is 3.92. The van der Waals surface area contributed by atoms with Crippen molar-refractivity contribution in [1.29, 1.82) is 5.26 Å². The Morgan fingerprint density at radius 3 is 2.38 bits per heavy atom. The molecule has 0 saturated carbocycles. The van der Waals surface area contributed by atoms with Crippen molar-refractivity contribution in [3.8, 4) is 6.07 Å². The third-order valence-electron chi connectivity index (χ3n) is 1.65. The summed E-state index contributed by atoms with van der Waals surface area (Å²) in [5.74, 6) is 0. The number of amides is 1. The fourth-order valence-corrected chi connectivity index (χ4v) is 0.959. The van der Waals surface area contributed by atoms with Crippen molar-refractivity contribution in [2.75, 3.05) is 11.9 Å². The van der Waals surface area contributed by atoms with E-state index in [9.17, 15) is 4.79 Å². The van der Waals surface area contributed by atoms with Gasteiger partial charge in [-0.1, -0.05) is 0 Å². The summed E-state index contributed by atoms with van der Waals surface area (Å²) in [6, 6.07) is 8.58. The van der Waals surface area contributed by atoms with Gasteiger partial charge in [0, 0.05) is 12.7 Å². The van der Waals surface area contributed by atoms with E-state index in [1.54, 1.807) is 31.3 Å². The topological polar surface area (TPSA) is 44.1 Å². The minimum absolute atomic E-state index is 0.551. The van der Waals surface area contributed by atoms with Gasteiger partial charge in [0.2, 0.25) is 0 Å². The minimum Gasteiger partial charge on any atom is -0.302 e. The van der Waals surface area contributed by atoms with Crippen LogP contribution in [0, 0.1) is 11.3 Å². The molecule has 1 aromatic carbocycles. The molecule has 1 amide bonds. The van der Waals surface area contributed by atoms with Crippen LogP contribution >= 0.6 is 11.6 Å². The highest BCUT2D eigenvalue weighted by atomic mass is 35.5. The Morgan fingerprint density at radius 2 is 2.00 bits per heavy atom. The Balaban J connectivity index is 2.93. The lowest BCUT2D eigenvalue weighted by molar-refractivity contribution is 0.265. The molecule has 0 aliphatic rings. The lowest BCUT2D eigenvalue weighted by Gasteiger charge is -2.12. The molecule has 0 heterocycles. The van der Waals surface area contributed by atoms with Gasteiger partial charge in [0.25, 0.3) is 0 Å². The Kier molecular flexibility index (Phi) is 2.88. The van der Waals surface area contributed by atoms with Crippen molar-refractivity contribution in [2.45, 2.75) is 0 Å². The molecule has 4 heteroatoms. The first-order chi connectivity index (χ1) is 6.15. The minimum atomic E-state index is -0.551. The molecule has 0 N–H and O–H groups in total. The Labute approximate surface area is 81.1 Å². The molecule has 1 aromatic rings. The van der Waals surface area contributed by atoms with Crippen LogP contribution in [0.1, 0.15) is 5.56 Å². The SMILES string of the molecule is CN(C(=O)Cl)c1ccc(C#N)cc1. The van der Waals surface area contributed by atoms with Gasteiger partial charge < -0.3 is 4.90 Å². The molecule has 0 aliphatic heterocycles. The maximum atomic E-state index is 10.7. The highest BCUT2D eigenvalue weighted by Crippen LogP contribution is 2.14. The number of rotatable bonds is 1. The van der Waals surface area contributed by atoms with Gasteiger partial charge in [-0.2, -0.15) is 5.26 Å². The molecule has 0 atom stereocenters. The van der Waals surface area contributed by atoms with E-state index in [1.165, 1.54) is 4.90 Å². The lowest BCUT2D eigenvalue weighted by Crippen LogP contribution is -2.19. The van der Waals surface area contributed by atoms with Crippen molar-refractivity contribution >= 4 is 22.7 Å². The van der Waals surface area contributed by atoms with Crippen molar-refractivity contribution in [3.63, 3.8) is 0 Å². The van der Waals surface area contributed by atoms with Gasteiger partial charge >= 0.3 is 5.37 Å². The van der Waals surface area contributed by atoms with Crippen LogP contribution < -0.4 is 4.90 Å². The highest BCUT2D eigenvalue weighted by Gasteiger charge is 2.06. The number of carbonyl (C=O) groups is 1. The Morgan fingerprint density at radius 1 is 1.46 bits per heavy atom. The van der Waals surface area contributed by atoms with Gasteiger partial charge in [0.05, 0.1) is 11.6 Å². The largest absolute Gasteiger partial charge is 0.320 e.